The standard InChI is InChI=1S/C6H13P.Au.31ClH/c1-7-5-3-2-4-6-7;;;;;;;;;;;;;;;;;;;;;;;;;;;;;;;;/h2-6H2,1H3;;31*1H/q;+1;;;;;;;;;;;;;;;;;;;;;;;;;;;;;;;/p-31. The molecular weight excluding hydrogens is 1400 g/mol. The van der Waals surface area contributed by atoms with Crippen molar-refractivity contribution in [3.63, 3.8) is 0 Å². The second-order valence-electron chi connectivity index (χ2n) is 2.36. The molecule has 0 aliphatic carbocycles. The van der Waals surface area contributed by atoms with E-state index >= 15 is 0 Å². The van der Waals surface area contributed by atoms with Gasteiger partial charge in [-0.25, -0.2) is 0 Å². The van der Waals surface area contributed by atoms with Crippen LogP contribution in [0.2, 0.25) is 0 Å². The van der Waals surface area contributed by atoms with Crippen LogP contribution >= 0.6 is 7.92 Å². The van der Waals surface area contributed by atoms with Gasteiger partial charge in [0.1, 0.15) is 0 Å². The summed E-state index contributed by atoms with van der Waals surface area (Å²) < 4.78 is 0. The zero-order valence-corrected chi connectivity index (χ0v) is 43.5. The molecule has 0 unspecified atom stereocenters. The molecule has 0 amide bonds. The molecular formula is C6H13AuCl31P-30. The first-order chi connectivity index (χ1) is 3.39. The summed E-state index contributed by atoms with van der Waals surface area (Å²) in [5.74, 6) is 0. The summed E-state index contributed by atoms with van der Waals surface area (Å²) in [6.07, 6.45) is 7.64. The number of halogens is 31. The fraction of sp³-hybridized carbons (Fsp3) is 1.00. The van der Waals surface area contributed by atoms with Gasteiger partial charge in [-0.05, 0) is 31.8 Å². The van der Waals surface area contributed by atoms with Crippen molar-refractivity contribution >= 4 is 7.92 Å². The van der Waals surface area contributed by atoms with Gasteiger partial charge in [0.15, 0.2) is 0 Å². The van der Waals surface area contributed by atoms with Gasteiger partial charge in [-0.15, -0.1) is 7.92 Å². The number of hydrogen-bond donors (Lipinski definition) is 0. The molecule has 1 saturated heterocycles. The Morgan fingerprint density at radius 3 is 0.385 bits per heavy atom. The molecule has 0 aromatic rings. The SMILES string of the molecule is CP1CCCCC1.[Au+].[Cl-].[Cl-].[Cl-].[Cl-].[Cl-].[Cl-].[Cl-].[Cl-].[Cl-].[Cl-].[Cl-].[Cl-].[Cl-].[Cl-].[Cl-].[Cl-].[Cl-].[Cl-].[Cl-].[Cl-].[Cl-].[Cl-].[Cl-].[Cl-].[Cl-].[Cl-].[Cl-].[Cl-].[Cl-].[Cl-].[Cl-]. The average Bonchev–Trinajstić information content (AvgIpc) is 1.69. The monoisotopic (exact) mass is 1400 g/mol. The molecule has 39 heavy (non-hydrogen) atoms. The Kier molecular flexibility index (Phi) is 3220. The van der Waals surface area contributed by atoms with E-state index in [2.05, 4.69) is 6.66 Å². The Bertz CT molecular complexity index is 79.0. The molecule has 1 fully saturated rings. The molecule has 0 bridgehead atoms. The minimum atomic E-state index is 0. The van der Waals surface area contributed by atoms with E-state index < -0.39 is 0 Å². The molecule has 0 radical (unpaired) electrons. The van der Waals surface area contributed by atoms with E-state index in [9.17, 15) is 0 Å². The summed E-state index contributed by atoms with van der Waals surface area (Å²) >= 11 is 0. The van der Waals surface area contributed by atoms with Crippen molar-refractivity contribution in [3.8, 4) is 0 Å². The molecule has 0 saturated carbocycles. The van der Waals surface area contributed by atoms with Gasteiger partial charge in [0, 0.05) is 0 Å². The van der Waals surface area contributed by atoms with Crippen LogP contribution < -0.4 is 385 Å². The Labute approximate surface area is 445 Å². The predicted molar refractivity (Wildman–Crippen MR) is 36.4 cm³/mol. The van der Waals surface area contributed by atoms with Gasteiger partial charge in [0.2, 0.25) is 0 Å². The zero-order valence-electron chi connectivity index (χ0n) is 17.0. The van der Waals surface area contributed by atoms with Gasteiger partial charge < -0.3 is 385 Å². The van der Waals surface area contributed by atoms with Crippen molar-refractivity contribution in [2.45, 2.75) is 19.3 Å². The summed E-state index contributed by atoms with van der Waals surface area (Å²) in [5, 5.41) is 0. The Hall–Kier alpha value is 10.2. The summed E-state index contributed by atoms with van der Waals surface area (Å²) in [6, 6.07) is 0. The van der Waals surface area contributed by atoms with Crippen LogP contribution in [0.25, 0.3) is 0 Å². The summed E-state index contributed by atoms with van der Waals surface area (Å²) in [4.78, 5) is 0. The molecule has 0 nitrogen and oxygen atoms in total. The van der Waals surface area contributed by atoms with E-state index in [1.54, 1.807) is 12.3 Å². The van der Waals surface area contributed by atoms with Gasteiger partial charge in [-0.3, -0.25) is 0 Å². The third-order valence-electron chi connectivity index (χ3n) is 1.58. The molecule has 1 heterocycles. The molecule has 0 atom stereocenters. The van der Waals surface area contributed by atoms with E-state index in [0.29, 0.717) is 7.92 Å². The summed E-state index contributed by atoms with van der Waals surface area (Å²) in [7, 11) is 0.508. The minimum Gasteiger partial charge on any atom is -1.00 e. The first kappa shape index (κ1) is 387. The van der Waals surface area contributed by atoms with Crippen LogP contribution in [-0.2, 0) is 22.4 Å². The molecule has 0 aromatic carbocycles. The maximum absolute atomic E-state index is 2.43. The zero-order chi connectivity index (χ0) is 5.11. The van der Waals surface area contributed by atoms with Crippen molar-refractivity contribution < 1.29 is 407 Å². The quantitative estimate of drug-likeness (QED) is 0.168. The molecule has 0 spiro atoms. The molecule has 1 rings (SSSR count). The van der Waals surface area contributed by atoms with Crippen molar-refractivity contribution in [2.24, 2.45) is 0 Å². The Balaban J connectivity index is -0.000000000510. The van der Waals surface area contributed by atoms with Crippen LogP contribution in [-0.4, -0.2) is 19.0 Å². The topological polar surface area (TPSA) is 0 Å². The maximum atomic E-state index is 2.43. The fourth-order valence-electron chi connectivity index (χ4n) is 1.05. The van der Waals surface area contributed by atoms with E-state index in [1.165, 1.54) is 19.3 Å². The van der Waals surface area contributed by atoms with Gasteiger partial charge in [0.25, 0.3) is 0 Å². The minimum absolute atomic E-state index is 0. The second-order valence-corrected chi connectivity index (χ2v) is 4.97. The van der Waals surface area contributed by atoms with Crippen molar-refractivity contribution in [1.82, 2.24) is 0 Å². The van der Waals surface area contributed by atoms with Gasteiger partial charge >= 0.3 is 22.4 Å². The first-order valence-electron chi connectivity index (χ1n) is 3.08. The largest absolute Gasteiger partial charge is 1.00 e. The number of rotatable bonds is 0. The second kappa shape index (κ2) is 325. The van der Waals surface area contributed by atoms with E-state index in [-0.39, 0.29) is 407 Å². The van der Waals surface area contributed by atoms with Gasteiger partial charge in [-0.1, -0.05) is 6.42 Å². The van der Waals surface area contributed by atoms with Crippen LogP contribution in [0.4, 0.5) is 0 Å². The van der Waals surface area contributed by atoms with E-state index in [4.69, 9.17) is 0 Å². The smallest absolute Gasteiger partial charge is 1.00 e. The third-order valence-corrected chi connectivity index (χ3v) is 3.74. The molecule has 1 aliphatic rings. The fourth-order valence-corrected chi connectivity index (χ4v) is 2.80. The molecule has 0 aromatic heterocycles. The van der Waals surface area contributed by atoms with Crippen molar-refractivity contribution in [2.75, 3.05) is 19.0 Å². The third kappa shape index (κ3) is 311. The van der Waals surface area contributed by atoms with Gasteiger partial charge in [-0.2, -0.15) is 0 Å². The summed E-state index contributed by atoms with van der Waals surface area (Å²) in [5.41, 5.74) is 0. The van der Waals surface area contributed by atoms with Crippen LogP contribution in [0.5, 0.6) is 0 Å². The van der Waals surface area contributed by atoms with Gasteiger partial charge in [0.05, 0.1) is 0 Å². The van der Waals surface area contributed by atoms with E-state index in [0.717, 1.165) is 0 Å². The normalized spacial score (nSPS) is 4.54. The average molecular weight is 1410 g/mol. The van der Waals surface area contributed by atoms with Crippen LogP contribution in [0.1, 0.15) is 19.3 Å². The van der Waals surface area contributed by atoms with Crippen LogP contribution in [0, 0.1) is 0 Å². The van der Waals surface area contributed by atoms with Crippen LogP contribution in [0.3, 0.4) is 0 Å². The molecule has 300 valence electrons. The van der Waals surface area contributed by atoms with Crippen LogP contribution in [0.15, 0.2) is 0 Å². The molecule has 1 aliphatic heterocycles. The first-order valence-corrected chi connectivity index (χ1v) is 5.24. The summed E-state index contributed by atoms with van der Waals surface area (Å²) in [6.45, 7) is 2.43. The van der Waals surface area contributed by atoms with Crippen molar-refractivity contribution in [3.05, 3.63) is 0 Å². The Morgan fingerprint density at radius 2 is 0.333 bits per heavy atom. The Morgan fingerprint density at radius 1 is 0.231 bits per heavy atom. The van der Waals surface area contributed by atoms with E-state index in [1.807, 2.05) is 0 Å². The molecule has 0 N–H and O–H groups in total. The molecule has 33 heteroatoms. The van der Waals surface area contributed by atoms with Crippen molar-refractivity contribution in [1.29, 1.82) is 0 Å². The predicted octanol–water partition coefficient (Wildman–Crippen LogP) is -90.6. The number of hydrogen-bond acceptors (Lipinski definition) is 0. The maximum Gasteiger partial charge on any atom is 1.00 e.